The molecular formula is C22H24N4O4. The van der Waals surface area contributed by atoms with Crippen molar-refractivity contribution in [3.05, 3.63) is 59.8 Å². The van der Waals surface area contributed by atoms with Crippen LogP contribution in [-0.4, -0.2) is 39.4 Å². The highest BCUT2D eigenvalue weighted by molar-refractivity contribution is 5.89. The summed E-state index contributed by atoms with van der Waals surface area (Å²) in [6.45, 7) is 4.81. The molecule has 1 N–H and O–H groups in total. The first-order chi connectivity index (χ1) is 14.5. The van der Waals surface area contributed by atoms with E-state index in [0.29, 0.717) is 31.2 Å². The van der Waals surface area contributed by atoms with E-state index < -0.39 is 6.04 Å². The van der Waals surface area contributed by atoms with Gasteiger partial charge >= 0.3 is 0 Å². The van der Waals surface area contributed by atoms with Crippen LogP contribution in [0.2, 0.25) is 0 Å². The van der Waals surface area contributed by atoms with Gasteiger partial charge in [0.15, 0.2) is 0 Å². The molecule has 1 aliphatic heterocycles. The summed E-state index contributed by atoms with van der Waals surface area (Å²) in [6.07, 6.45) is 3.89. The molecule has 4 rings (SSSR count). The quantitative estimate of drug-likeness (QED) is 0.673. The summed E-state index contributed by atoms with van der Waals surface area (Å²) in [6, 6.07) is 8.93. The molecule has 1 saturated heterocycles. The van der Waals surface area contributed by atoms with Gasteiger partial charge in [-0.05, 0) is 37.0 Å². The summed E-state index contributed by atoms with van der Waals surface area (Å²) < 4.78 is 10.4. The maximum Gasteiger partial charge on any atom is 0.243 e. The van der Waals surface area contributed by atoms with Crippen LogP contribution in [0.4, 0.5) is 0 Å². The van der Waals surface area contributed by atoms with Crippen LogP contribution in [0.3, 0.4) is 0 Å². The van der Waals surface area contributed by atoms with Crippen molar-refractivity contribution in [3.8, 4) is 11.5 Å². The van der Waals surface area contributed by atoms with Crippen molar-refractivity contribution in [2.45, 2.75) is 39.3 Å². The van der Waals surface area contributed by atoms with E-state index in [1.165, 1.54) is 6.26 Å². The zero-order valence-corrected chi connectivity index (χ0v) is 17.0. The molecule has 8 heteroatoms. The van der Waals surface area contributed by atoms with E-state index in [1.807, 2.05) is 38.1 Å². The molecule has 3 heterocycles. The molecule has 2 amide bonds. The summed E-state index contributed by atoms with van der Waals surface area (Å²) in [5.74, 6) is 1.08. The van der Waals surface area contributed by atoms with Crippen molar-refractivity contribution >= 4 is 11.8 Å². The van der Waals surface area contributed by atoms with Crippen molar-refractivity contribution in [1.29, 1.82) is 0 Å². The minimum Gasteiger partial charge on any atom is -0.445 e. The monoisotopic (exact) mass is 408 g/mol. The van der Waals surface area contributed by atoms with Crippen LogP contribution in [0.5, 0.6) is 0 Å². The standard InChI is InChI=1S/C22H24N4O4/c1-14-9-19(26(13-14)20(27)11-18-10-15(2)25-30-18)21(28)24-12-16-3-5-17(6-4-16)22-23-7-8-29-22/h3-8,10,14,19H,9,11-13H2,1-2H3,(H,24,28). The summed E-state index contributed by atoms with van der Waals surface area (Å²) in [4.78, 5) is 31.4. The number of nitrogens with one attached hydrogen (secondary N) is 1. The smallest absolute Gasteiger partial charge is 0.243 e. The van der Waals surface area contributed by atoms with Gasteiger partial charge in [0, 0.05) is 24.7 Å². The first-order valence-electron chi connectivity index (χ1n) is 9.98. The average Bonchev–Trinajstić information content (AvgIpc) is 3.48. The molecule has 0 radical (unpaired) electrons. The van der Waals surface area contributed by atoms with E-state index in [9.17, 15) is 9.59 Å². The Hall–Kier alpha value is -3.42. The predicted octanol–water partition coefficient (Wildman–Crippen LogP) is 2.73. The number of carbonyl (C=O) groups is 2. The number of hydrogen-bond donors (Lipinski definition) is 1. The number of hydrogen-bond acceptors (Lipinski definition) is 6. The van der Waals surface area contributed by atoms with Crippen LogP contribution in [0.25, 0.3) is 11.5 Å². The molecule has 0 aliphatic carbocycles. The van der Waals surface area contributed by atoms with E-state index >= 15 is 0 Å². The van der Waals surface area contributed by atoms with Crippen LogP contribution in [-0.2, 0) is 22.6 Å². The summed E-state index contributed by atoms with van der Waals surface area (Å²) >= 11 is 0. The molecule has 1 aromatic carbocycles. The van der Waals surface area contributed by atoms with Gasteiger partial charge in [0.05, 0.1) is 18.3 Å². The predicted molar refractivity (Wildman–Crippen MR) is 108 cm³/mol. The molecule has 8 nitrogen and oxygen atoms in total. The third-order valence-corrected chi connectivity index (χ3v) is 5.24. The van der Waals surface area contributed by atoms with Crippen molar-refractivity contribution < 1.29 is 18.5 Å². The largest absolute Gasteiger partial charge is 0.445 e. The maximum atomic E-state index is 12.8. The Bertz CT molecular complexity index is 1010. The van der Waals surface area contributed by atoms with Gasteiger partial charge in [0.25, 0.3) is 0 Å². The van der Waals surface area contributed by atoms with E-state index in [-0.39, 0.29) is 24.2 Å². The normalized spacial score (nSPS) is 18.5. The fraction of sp³-hybridized carbons (Fsp3) is 0.364. The van der Waals surface area contributed by atoms with Gasteiger partial charge in [-0.25, -0.2) is 4.98 Å². The highest BCUT2D eigenvalue weighted by atomic mass is 16.5. The van der Waals surface area contributed by atoms with E-state index in [2.05, 4.69) is 15.5 Å². The van der Waals surface area contributed by atoms with Crippen LogP contribution in [0.1, 0.15) is 30.4 Å². The van der Waals surface area contributed by atoms with Crippen LogP contribution in [0.15, 0.2) is 51.7 Å². The van der Waals surface area contributed by atoms with E-state index in [1.54, 1.807) is 17.2 Å². The van der Waals surface area contributed by atoms with Gasteiger partial charge in [0.1, 0.15) is 18.1 Å². The van der Waals surface area contributed by atoms with Gasteiger partial charge in [-0.2, -0.15) is 0 Å². The Morgan fingerprint density at radius 1 is 1.27 bits per heavy atom. The van der Waals surface area contributed by atoms with Crippen molar-refractivity contribution in [1.82, 2.24) is 20.4 Å². The Labute approximate surface area is 174 Å². The number of aryl methyl sites for hydroxylation is 1. The number of aromatic nitrogens is 2. The molecule has 1 aliphatic rings. The number of likely N-dealkylation sites (tertiary alicyclic amines) is 1. The first kappa shape index (κ1) is 19.9. The second kappa shape index (κ2) is 8.52. The number of amides is 2. The van der Waals surface area contributed by atoms with Gasteiger partial charge < -0.3 is 19.2 Å². The third kappa shape index (κ3) is 4.42. The Balaban J connectivity index is 1.36. The topological polar surface area (TPSA) is 101 Å². The maximum absolute atomic E-state index is 12.8. The van der Waals surface area contributed by atoms with Crippen molar-refractivity contribution in [2.24, 2.45) is 5.92 Å². The minimum absolute atomic E-state index is 0.111. The lowest BCUT2D eigenvalue weighted by molar-refractivity contribution is -0.138. The third-order valence-electron chi connectivity index (χ3n) is 5.24. The highest BCUT2D eigenvalue weighted by Crippen LogP contribution is 2.24. The van der Waals surface area contributed by atoms with E-state index in [0.717, 1.165) is 16.8 Å². The van der Waals surface area contributed by atoms with Crippen LogP contribution >= 0.6 is 0 Å². The Kier molecular flexibility index (Phi) is 5.65. The molecule has 2 atom stereocenters. The second-order valence-corrected chi connectivity index (χ2v) is 7.77. The van der Waals surface area contributed by atoms with Gasteiger partial charge in [-0.1, -0.05) is 24.2 Å². The second-order valence-electron chi connectivity index (χ2n) is 7.77. The molecule has 3 aromatic rings. The number of nitrogens with zero attached hydrogens (tertiary/aromatic N) is 3. The van der Waals surface area contributed by atoms with Gasteiger partial charge in [-0.15, -0.1) is 0 Å². The van der Waals surface area contributed by atoms with Gasteiger partial charge in [-0.3, -0.25) is 9.59 Å². The molecule has 30 heavy (non-hydrogen) atoms. The summed E-state index contributed by atoms with van der Waals surface area (Å²) in [7, 11) is 0. The highest BCUT2D eigenvalue weighted by Gasteiger charge is 2.37. The zero-order valence-electron chi connectivity index (χ0n) is 17.0. The molecule has 2 unspecified atom stereocenters. The molecule has 156 valence electrons. The Morgan fingerprint density at radius 3 is 2.73 bits per heavy atom. The SMILES string of the molecule is Cc1cc(CC(=O)N2CC(C)CC2C(=O)NCc2ccc(-c3ncco3)cc2)on1. The Morgan fingerprint density at radius 2 is 2.07 bits per heavy atom. The number of carbonyl (C=O) groups excluding carboxylic acids is 2. The fourth-order valence-corrected chi connectivity index (χ4v) is 3.76. The molecule has 0 saturated carbocycles. The number of oxazole rings is 1. The zero-order chi connectivity index (χ0) is 21.1. The average molecular weight is 408 g/mol. The van der Waals surface area contributed by atoms with Crippen molar-refractivity contribution in [3.63, 3.8) is 0 Å². The van der Waals surface area contributed by atoms with E-state index in [4.69, 9.17) is 8.94 Å². The summed E-state index contributed by atoms with van der Waals surface area (Å²) in [5, 5.41) is 6.78. The lowest BCUT2D eigenvalue weighted by atomic mass is 10.1. The molecule has 1 fully saturated rings. The van der Waals surface area contributed by atoms with Gasteiger partial charge in [0.2, 0.25) is 17.7 Å². The lowest BCUT2D eigenvalue weighted by Gasteiger charge is -2.23. The molecule has 2 aromatic heterocycles. The number of rotatable bonds is 6. The first-order valence-corrected chi connectivity index (χ1v) is 9.98. The van der Waals surface area contributed by atoms with Crippen LogP contribution in [0, 0.1) is 12.8 Å². The summed E-state index contributed by atoms with van der Waals surface area (Å²) in [5.41, 5.74) is 2.56. The molecule has 0 spiro atoms. The van der Waals surface area contributed by atoms with Crippen molar-refractivity contribution in [2.75, 3.05) is 6.54 Å². The van der Waals surface area contributed by atoms with Crippen LogP contribution < -0.4 is 5.32 Å². The molecule has 0 bridgehead atoms. The fourth-order valence-electron chi connectivity index (χ4n) is 3.76. The minimum atomic E-state index is -0.469. The number of benzene rings is 1. The lowest BCUT2D eigenvalue weighted by Crippen LogP contribution is -2.46. The molecular weight excluding hydrogens is 384 g/mol.